The van der Waals surface area contributed by atoms with Crippen molar-refractivity contribution in [2.75, 3.05) is 31.5 Å². The lowest BCUT2D eigenvalue weighted by Crippen LogP contribution is -2.31. The number of para-hydroxylation sites is 2. The maximum absolute atomic E-state index is 14.0. The van der Waals surface area contributed by atoms with E-state index in [0.29, 0.717) is 62.7 Å². The minimum atomic E-state index is -0.645. The molecule has 3 aromatic carbocycles. The summed E-state index contributed by atoms with van der Waals surface area (Å²) in [6.45, 7) is 4.22. The Labute approximate surface area is 247 Å². The van der Waals surface area contributed by atoms with Gasteiger partial charge in [-0.05, 0) is 49.7 Å². The molecule has 1 amide bonds. The number of benzene rings is 3. The van der Waals surface area contributed by atoms with Crippen molar-refractivity contribution in [1.29, 1.82) is 0 Å². The van der Waals surface area contributed by atoms with Gasteiger partial charge in [0.15, 0.2) is 0 Å². The van der Waals surface area contributed by atoms with E-state index in [9.17, 15) is 4.79 Å². The SMILES string of the molecule is CCOc1ccccc1NC(=O)C1=C(C)Nc2nc(SCc3ccccc3Cl)nn2C1c1ccc(OC)cc1OC. The number of thioether (sulfide) groups is 1. The van der Waals surface area contributed by atoms with Crippen molar-refractivity contribution in [2.24, 2.45) is 0 Å². The molecule has 0 aliphatic carbocycles. The number of methoxy groups -OCH3 is 2. The normalized spacial score (nSPS) is 14.2. The van der Waals surface area contributed by atoms with Crippen LogP contribution >= 0.6 is 23.4 Å². The molecule has 0 saturated carbocycles. The Balaban J connectivity index is 1.55. The van der Waals surface area contributed by atoms with Gasteiger partial charge in [-0.25, -0.2) is 4.68 Å². The Kier molecular flexibility index (Phi) is 8.70. The molecule has 0 bridgehead atoms. The average Bonchev–Trinajstić information content (AvgIpc) is 3.39. The van der Waals surface area contributed by atoms with E-state index in [-0.39, 0.29) is 5.91 Å². The number of nitrogens with zero attached hydrogens (tertiary/aromatic N) is 3. The van der Waals surface area contributed by atoms with Crippen LogP contribution in [0.4, 0.5) is 11.6 Å². The first kappa shape index (κ1) is 28.4. The minimum absolute atomic E-state index is 0.309. The molecule has 0 radical (unpaired) electrons. The van der Waals surface area contributed by atoms with E-state index in [2.05, 4.69) is 10.6 Å². The number of rotatable bonds is 10. The Hall–Kier alpha value is -4.15. The third kappa shape index (κ3) is 5.98. The molecule has 1 aliphatic heterocycles. The van der Waals surface area contributed by atoms with Crippen LogP contribution in [0.25, 0.3) is 0 Å². The number of hydrogen-bond donors (Lipinski definition) is 2. The molecular formula is C30H30ClN5O4S. The fourth-order valence-electron chi connectivity index (χ4n) is 4.62. The highest BCUT2D eigenvalue weighted by Gasteiger charge is 2.36. The predicted molar refractivity (Wildman–Crippen MR) is 161 cm³/mol. The molecule has 0 saturated heterocycles. The van der Waals surface area contributed by atoms with Crippen molar-refractivity contribution >= 4 is 40.9 Å². The summed E-state index contributed by atoms with van der Waals surface area (Å²) in [6, 6.07) is 19.9. The smallest absolute Gasteiger partial charge is 0.255 e. The maximum atomic E-state index is 14.0. The highest BCUT2D eigenvalue weighted by Crippen LogP contribution is 2.42. The third-order valence-electron chi connectivity index (χ3n) is 6.56. The number of carbonyl (C=O) groups excluding carboxylic acids is 1. The second-order valence-corrected chi connectivity index (χ2v) is 10.4. The molecule has 1 atom stereocenters. The summed E-state index contributed by atoms with van der Waals surface area (Å²) in [7, 11) is 3.18. The Morgan fingerprint density at radius 2 is 1.85 bits per heavy atom. The van der Waals surface area contributed by atoms with Crippen LogP contribution in [0, 0.1) is 0 Å². The summed E-state index contributed by atoms with van der Waals surface area (Å²) in [5.41, 5.74) is 3.38. The molecule has 0 spiro atoms. The van der Waals surface area contributed by atoms with Gasteiger partial charge in [-0.15, -0.1) is 5.10 Å². The number of halogens is 1. The monoisotopic (exact) mass is 591 g/mol. The van der Waals surface area contributed by atoms with Gasteiger partial charge in [-0.1, -0.05) is 53.7 Å². The van der Waals surface area contributed by atoms with Gasteiger partial charge in [-0.3, -0.25) is 4.79 Å². The number of ether oxygens (including phenoxy) is 3. The summed E-state index contributed by atoms with van der Waals surface area (Å²) < 4.78 is 18.6. The van der Waals surface area contributed by atoms with Crippen molar-refractivity contribution in [2.45, 2.75) is 30.8 Å². The van der Waals surface area contributed by atoms with E-state index in [1.165, 1.54) is 11.8 Å². The summed E-state index contributed by atoms with van der Waals surface area (Å²) in [4.78, 5) is 18.7. The standard InChI is InChI=1S/C30H30ClN5O4S/c1-5-40-24-13-9-8-12-23(24)33-28(37)26-18(2)32-29-34-30(41-17-19-10-6-7-11-22(19)31)35-36(29)27(26)21-15-14-20(38-3)16-25(21)39-4/h6-16,27H,5,17H2,1-4H3,(H,33,37)(H,32,34,35). The zero-order valence-electron chi connectivity index (χ0n) is 23.1. The molecule has 2 heterocycles. The van der Waals surface area contributed by atoms with Crippen LogP contribution in [0.15, 0.2) is 83.2 Å². The summed E-state index contributed by atoms with van der Waals surface area (Å²) in [5.74, 6) is 2.56. The van der Waals surface area contributed by atoms with Crippen LogP contribution in [-0.4, -0.2) is 41.5 Å². The first-order chi connectivity index (χ1) is 19.9. The van der Waals surface area contributed by atoms with E-state index in [1.807, 2.05) is 74.5 Å². The molecule has 11 heteroatoms. The van der Waals surface area contributed by atoms with Crippen molar-refractivity contribution in [1.82, 2.24) is 14.8 Å². The van der Waals surface area contributed by atoms with Gasteiger partial charge in [0, 0.05) is 28.1 Å². The van der Waals surface area contributed by atoms with Crippen LogP contribution in [0.3, 0.4) is 0 Å². The van der Waals surface area contributed by atoms with Crippen molar-refractivity contribution in [3.05, 3.63) is 94.1 Å². The van der Waals surface area contributed by atoms with Crippen LogP contribution in [0.1, 0.15) is 31.0 Å². The van der Waals surface area contributed by atoms with E-state index in [0.717, 1.165) is 11.1 Å². The molecular weight excluding hydrogens is 562 g/mol. The van der Waals surface area contributed by atoms with Crippen molar-refractivity contribution < 1.29 is 19.0 Å². The van der Waals surface area contributed by atoms with E-state index < -0.39 is 6.04 Å². The zero-order valence-corrected chi connectivity index (χ0v) is 24.7. The van der Waals surface area contributed by atoms with Gasteiger partial charge in [0.1, 0.15) is 23.3 Å². The van der Waals surface area contributed by atoms with E-state index in [4.69, 9.17) is 35.9 Å². The van der Waals surface area contributed by atoms with Gasteiger partial charge in [0.05, 0.1) is 32.1 Å². The van der Waals surface area contributed by atoms with E-state index in [1.54, 1.807) is 25.0 Å². The van der Waals surface area contributed by atoms with Crippen molar-refractivity contribution in [3.63, 3.8) is 0 Å². The van der Waals surface area contributed by atoms with Crippen LogP contribution in [0.5, 0.6) is 17.2 Å². The van der Waals surface area contributed by atoms with Crippen molar-refractivity contribution in [3.8, 4) is 17.2 Å². The Morgan fingerprint density at radius 3 is 2.61 bits per heavy atom. The molecule has 1 unspecified atom stereocenters. The minimum Gasteiger partial charge on any atom is -0.497 e. The topological polar surface area (TPSA) is 99.5 Å². The maximum Gasteiger partial charge on any atom is 0.255 e. The molecule has 2 N–H and O–H groups in total. The second-order valence-electron chi connectivity index (χ2n) is 9.10. The van der Waals surface area contributed by atoms with Gasteiger partial charge in [0.2, 0.25) is 11.1 Å². The molecule has 9 nitrogen and oxygen atoms in total. The Morgan fingerprint density at radius 1 is 1.07 bits per heavy atom. The molecule has 1 aliphatic rings. The molecule has 1 aromatic heterocycles. The predicted octanol–water partition coefficient (Wildman–Crippen LogP) is 6.57. The Bertz CT molecular complexity index is 1610. The fourth-order valence-corrected chi connectivity index (χ4v) is 5.73. The number of fused-ring (bicyclic) bond motifs is 1. The van der Waals surface area contributed by atoms with Crippen LogP contribution in [-0.2, 0) is 10.5 Å². The number of nitrogens with one attached hydrogen (secondary N) is 2. The molecule has 0 fully saturated rings. The summed E-state index contributed by atoms with van der Waals surface area (Å²) >= 11 is 7.83. The first-order valence-corrected chi connectivity index (χ1v) is 14.4. The highest BCUT2D eigenvalue weighted by molar-refractivity contribution is 7.98. The lowest BCUT2D eigenvalue weighted by Gasteiger charge is -2.29. The largest absolute Gasteiger partial charge is 0.497 e. The number of carbonyl (C=O) groups is 1. The quantitative estimate of drug-likeness (QED) is 0.200. The van der Waals surface area contributed by atoms with Crippen LogP contribution in [0.2, 0.25) is 5.02 Å². The fraction of sp³-hybridized carbons (Fsp3) is 0.233. The number of amides is 1. The number of anilines is 2. The third-order valence-corrected chi connectivity index (χ3v) is 7.82. The average molecular weight is 592 g/mol. The van der Waals surface area contributed by atoms with Gasteiger partial charge in [-0.2, -0.15) is 4.98 Å². The van der Waals surface area contributed by atoms with Gasteiger partial charge >= 0.3 is 0 Å². The molecule has 4 aromatic rings. The highest BCUT2D eigenvalue weighted by atomic mass is 35.5. The lowest BCUT2D eigenvalue weighted by atomic mass is 9.94. The molecule has 212 valence electrons. The zero-order chi connectivity index (χ0) is 28.9. The van der Waals surface area contributed by atoms with Crippen LogP contribution < -0.4 is 24.8 Å². The number of aromatic nitrogens is 3. The molecule has 41 heavy (non-hydrogen) atoms. The molecule has 5 rings (SSSR count). The number of hydrogen-bond acceptors (Lipinski definition) is 8. The summed E-state index contributed by atoms with van der Waals surface area (Å²) in [6.07, 6.45) is 0. The van der Waals surface area contributed by atoms with Gasteiger partial charge in [0.25, 0.3) is 5.91 Å². The lowest BCUT2D eigenvalue weighted by molar-refractivity contribution is -0.113. The first-order valence-electron chi connectivity index (χ1n) is 13.0. The number of allylic oxidation sites excluding steroid dienone is 1. The van der Waals surface area contributed by atoms with Gasteiger partial charge < -0.3 is 24.8 Å². The summed E-state index contributed by atoms with van der Waals surface area (Å²) in [5, 5.41) is 12.4. The van der Waals surface area contributed by atoms with E-state index >= 15 is 0 Å². The second kappa shape index (κ2) is 12.6.